The van der Waals surface area contributed by atoms with E-state index in [9.17, 15) is 13.2 Å². The number of benzene rings is 1. The predicted molar refractivity (Wildman–Crippen MR) is 41.6 cm³/mol. The Labute approximate surface area is 82.5 Å². The molecule has 0 saturated carbocycles. The molecular weight excluding hydrogens is 221 g/mol. The highest BCUT2D eigenvalue weighted by Gasteiger charge is 2.30. The first-order valence-electron chi connectivity index (χ1n) is 3.19. The van der Waals surface area contributed by atoms with Crippen molar-refractivity contribution in [1.82, 2.24) is 0 Å². The maximum atomic E-state index is 11.6. The monoisotopic (exact) mass is 224 g/mol. The number of rotatable bonds is 1. The summed E-state index contributed by atoms with van der Waals surface area (Å²) in [5.74, 6) is -0.271. The highest BCUT2D eigenvalue weighted by atomic mass is 35.5. The van der Waals surface area contributed by atoms with Crippen LogP contribution in [0.1, 0.15) is 0 Å². The van der Waals surface area contributed by atoms with E-state index >= 15 is 0 Å². The highest BCUT2D eigenvalue weighted by Crippen LogP contribution is 2.23. The van der Waals surface area contributed by atoms with E-state index in [1.54, 1.807) is 0 Å². The number of nitrogens with zero attached hydrogens (tertiary/aromatic N) is 2. The molecule has 76 valence electrons. The van der Waals surface area contributed by atoms with E-state index in [4.69, 9.17) is 22.4 Å². The van der Waals surface area contributed by atoms with Gasteiger partial charge in [-0.05, 0) is 24.3 Å². The van der Waals surface area contributed by atoms with Crippen LogP contribution in [0.5, 0.6) is 5.75 Å². The zero-order valence-corrected chi connectivity index (χ0v) is 7.38. The molecule has 7 heteroatoms. The van der Waals surface area contributed by atoms with Crippen LogP contribution >= 0.6 is 11.6 Å². The highest BCUT2D eigenvalue weighted by molar-refractivity contribution is 6.30. The number of ether oxygens (including phenoxy) is 1. The number of hydrogen-bond acceptors (Lipinski definition) is 3. The van der Waals surface area contributed by atoms with Crippen molar-refractivity contribution in [3.63, 3.8) is 0 Å². The lowest BCUT2D eigenvalue weighted by molar-refractivity contribution is -0.274. The van der Waals surface area contributed by atoms with Crippen LogP contribution in [0.15, 0.2) is 24.3 Å². The molecule has 0 radical (unpaired) electrons. The summed E-state index contributed by atoms with van der Waals surface area (Å²) in [6.45, 7) is 0. The summed E-state index contributed by atoms with van der Waals surface area (Å²) < 4.78 is 38.4. The lowest BCUT2D eigenvalue weighted by Crippen LogP contribution is -2.16. The van der Waals surface area contributed by atoms with Crippen molar-refractivity contribution in [2.75, 3.05) is 0 Å². The lowest BCUT2D eigenvalue weighted by Gasteiger charge is -2.07. The Hall–Kier alpha value is -1.48. The van der Waals surface area contributed by atoms with Crippen LogP contribution < -0.4 is 4.74 Å². The first-order chi connectivity index (χ1) is 6.47. The molecule has 0 aromatic heterocycles. The SMILES string of the molecule is FC(F)(F)Oc1ccc(Cl)cc1.N#N. The van der Waals surface area contributed by atoms with Crippen molar-refractivity contribution in [2.24, 2.45) is 0 Å². The normalized spacial score (nSPS) is 9.86. The first-order valence-corrected chi connectivity index (χ1v) is 3.56. The number of hydrogen-bond donors (Lipinski definition) is 0. The van der Waals surface area contributed by atoms with Gasteiger partial charge in [0.05, 0.1) is 0 Å². The van der Waals surface area contributed by atoms with E-state index < -0.39 is 6.36 Å². The second kappa shape index (κ2) is 5.29. The second-order valence-electron chi connectivity index (χ2n) is 2.00. The van der Waals surface area contributed by atoms with Crippen molar-refractivity contribution < 1.29 is 17.9 Å². The Morgan fingerprint density at radius 3 is 1.86 bits per heavy atom. The van der Waals surface area contributed by atoms with Gasteiger partial charge in [-0.3, -0.25) is 0 Å². The first kappa shape index (κ1) is 12.5. The van der Waals surface area contributed by atoms with Crippen molar-refractivity contribution >= 4 is 11.6 Å². The topological polar surface area (TPSA) is 56.8 Å². The minimum atomic E-state index is -4.65. The van der Waals surface area contributed by atoms with Crippen LogP contribution in [0, 0.1) is 10.8 Å². The molecule has 1 rings (SSSR count). The smallest absolute Gasteiger partial charge is 0.406 e. The Morgan fingerprint density at radius 2 is 1.50 bits per heavy atom. The van der Waals surface area contributed by atoms with E-state index in [0.717, 1.165) is 12.1 Å². The minimum Gasteiger partial charge on any atom is -0.406 e. The predicted octanol–water partition coefficient (Wildman–Crippen LogP) is 3.27. The zero-order chi connectivity index (χ0) is 11.2. The summed E-state index contributed by atoms with van der Waals surface area (Å²) in [5.41, 5.74) is 0. The van der Waals surface area contributed by atoms with Crippen molar-refractivity contribution in [2.45, 2.75) is 6.36 Å². The summed E-state index contributed by atoms with van der Waals surface area (Å²) in [6, 6.07) is 4.94. The molecule has 0 aliphatic carbocycles. The van der Waals surface area contributed by atoms with Gasteiger partial charge in [0.1, 0.15) is 5.75 Å². The fourth-order valence-electron chi connectivity index (χ4n) is 0.636. The lowest BCUT2D eigenvalue weighted by atomic mass is 10.3. The van der Waals surface area contributed by atoms with Crippen LogP contribution in [0.25, 0.3) is 0 Å². The van der Waals surface area contributed by atoms with Gasteiger partial charge in [-0.15, -0.1) is 13.2 Å². The molecule has 0 spiro atoms. The third-order valence-corrected chi connectivity index (χ3v) is 1.30. The third kappa shape index (κ3) is 5.22. The van der Waals surface area contributed by atoms with Gasteiger partial charge in [-0.2, -0.15) is 0 Å². The molecule has 0 atom stereocenters. The maximum Gasteiger partial charge on any atom is 0.573 e. The van der Waals surface area contributed by atoms with Gasteiger partial charge in [0.2, 0.25) is 0 Å². The zero-order valence-electron chi connectivity index (χ0n) is 6.62. The van der Waals surface area contributed by atoms with Gasteiger partial charge >= 0.3 is 6.36 Å². The fraction of sp³-hybridized carbons (Fsp3) is 0.143. The van der Waals surface area contributed by atoms with E-state index in [1.807, 2.05) is 0 Å². The molecule has 1 aromatic carbocycles. The maximum absolute atomic E-state index is 11.6. The Balaban J connectivity index is 0.000000791. The summed E-state index contributed by atoms with van der Waals surface area (Å²) in [6.07, 6.45) is -4.65. The fourth-order valence-corrected chi connectivity index (χ4v) is 0.762. The molecule has 0 fully saturated rings. The van der Waals surface area contributed by atoms with Crippen LogP contribution in [-0.4, -0.2) is 6.36 Å². The minimum absolute atomic E-state index is 0.271. The van der Waals surface area contributed by atoms with Crippen LogP contribution in [0.2, 0.25) is 5.02 Å². The molecule has 14 heavy (non-hydrogen) atoms. The molecule has 0 bridgehead atoms. The molecule has 1 aromatic rings. The van der Waals surface area contributed by atoms with E-state index in [0.29, 0.717) is 5.02 Å². The second-order valence-corrected chi connectivity index (χ2v) is 2.44. The molecule has 3 nitrogen and oxygen atoms in total. The molecule has 0 saturated heterocycles. The molecule has 0 unspecified atom stereocenters. The van der Waals surface area contributed by atoms with E-state index in [-0.39, 0.29) is 5.75 Å². The summed E-state index contributed by atoms with van der Waals surface area (Å²) >= 11 is 5.45. The van der Waals surface area contributed by atoms with Gasteiger partial charge in [-0.1, -0.05) is 11.6 Å². The quantitative estimate of drug-likeness (QED) is 0.688. The van der Waals surface area contributed by atoms with Crippen LogP contribution in [0.4, 0.5) is 13.2 Å². The largest absolute Gasteiger partial charge is 0.573 e. The van der Waals surface area contributed by atoms with Crippen molar-refractivity contribution in [1.29, 1.82) is 10.8 Å². The van der Waals surface area contributed by atoms with Gasteiger partial charge in [0.15, 0.2) is 0 Å². The van der Waals surface area contributed by atoms with E-state index in [2.05, 4.69) is 4.74 Å². The van der Waals surface area contributed by atoms with Gasteiger partial charge in [0.25, 0.3) is 0 Å². The molecule has 0 heterocycles. The van der Waals surface area contributed by atoms with Crippen molar-refractivity contribution in [3.8, 4) is 5.75 Å². The third-order valence-electron chi connectivity index (χ3n) is 1.05. The van der Waals surface area contributed by atoms with Crippen LogP contribution in [-0.2, 0) is 0 Å². The average Bonchev–Trinajstić information content (AvgIpc) is 2.10. The Morgan fingerprint density at radius 1 is 1.07 bits per heavy atom. The summed E-state index contributed by atoms with van der Waals surface area (Å²) in [7, 11) is 0. The van der Waals surface area contributed by atoms with Crippen LogP contribution in [0.3, 0.4) is 0 Å². The van der Waals surface area contributed by atoms with Gasteiger partial charge < -0.3 is 4.74 Å². The molecular formula is C7H4ClF3N2O. The molecule has 0 N–H and O–H groups in total. The number of halogens is 4. The molecule has 0 aliphatic heterocycles. The Kier molecular flexibility index (Phi) is 4.73. The summed E-state index contributed by atoms with van der Waals surface area (Å²) in [5, 5.41) is 12.4. The molecule has 0 amide bonds. The number of alkyl halides is 3. The van der Waals surface area contributed by atoms with Gasteiger partial charge in [-0.25, -0.2) is 0 Å². The standard InChI is InChI=1S/C7H4ClF3O.N2/c8-5-1-3-6(4-2-5)12-7(9,10)11;1-2/h1-4H;. The molecule has 0 aliphatic rings. The average molecular weight is 225 g/mol. The van der Waals surface area contributed by atoms with E-state index in [1.165, 1.54) is 12.1 Å². The van der Waals surface area contributed by atoms with Gasteiger partial charge in [0, 0.05) is 15.8 Å². The summed E-state index contributed by atoms with van der Waals surface area (Å²) in [4.78, 5) is 0. The van der Waals surface area contributed by atoms with Crippen molar-refractivity contribution in [3.05, 3.63) is 29.3 Å². The Bertz CT molecular complexity index is 296.